The van der Waals surface area contributed by atoms with E-state index >= 15 is 0 Å². The van der Waals surface area contributed by atoms with E-state index in [0.717, 1.165) is 12.8 Å². The second kappa shape index (κ2) is 29.1. The van der Waals surface area contributed by atoms with E-state index in [9.17, 15) is 29.7 Å². The Hall–Kier alpha value is -3.70. The van der Waals surface area contributed by atoms with Crippen molar-refractivity contribution >= 4 is 23.7 Å². The number of carbonyl (C=O) groups excluding carboxylic acids is 3. The molecule has 1 aromatic carbocycles. The van der Waals surface area contributed by atoms with E-state index in [4.69, 9.17) is 52.6 Å². The van der Waals surface area contributed by atoms with Gasteiger partial charge in [-0.05, 0) is 106 Å². The van der Waals surface area contributed by atoms with Gasteiger partial charge < -0.3 is 67.7 Å². The van der Waals surface area contributed by atoms with Gasteiger partial charge in [0.05, 0.1) is 53.8 Å². The number of rotatable bonds is 19. The standard InChI is InChI=1S/C57H96N4O16/c1-15-44-57(11,67)49(63)36(4)46(60-70-29-22-25-41-23-18-16-19-24-41)34(2)32-55(9,66)50(37(5)47(38(6)52(64)74-44)75-45-33-56(10,68-14)51(39(7)72-45)73-40(8)62)77-53-48(43(61(12)13)31-35(3)71-53)76-54(65)59-58-28-30-69-42-26-20-17-21-27-42/h17,20-21,26-27,34-39,41,43-45,47-51,53,58,63,66-67H,15-16,18-19,22-25,28-33H2,1-14H3,(H,59,65)/b60-46+/t34-,35-,36+,37+,38-,39+,43+,44-,45+,47+,48-,49-,50-,51+,53+,55?,56-,57-/m1/s1. The fourth-order valence-corrected chi connectivity index (χ4v) is 12.1. The SMILES string of the molecule is CC[C@H]1OC(=O)[C@H](C)[C@@H](O[C@H]2C[C@@](C)(OC)[C@@H](OC(C)=O)[C@H](C)O2)[C@H](C)[C@@H](O[C@@H]2O[C@H](C)C[C@H](N(C)C)[C@H]2OC(=O)NNCCOc2ccccc2)C(C)(O)C[C@@H](C)/C(=N\OCCCC2CCCCC2)[C@H](C)[C@@H](O)[C@]1(C)O. The van der Waals surface area contributed by atoms with Crippen molar-refractivity contribution in [1.82, 2.24) is 15.8 Å². The number of cyclic esters (lactones) is 1. The van der Waals surface area contributed by atoms with Gasteiger partial charge in [0.25, 0.3) is 0 Å². The summed E-state index contributed by atoms with van der Waals surface area (Å²) in [4.78, 5) is 48.8. The highest BCUT2D eigenvalue weighted by atomic mass is 16.7. The van der Waals surface area contributed by atoms with Crippen LogP contribution in [0.15, 0.2) is 35.5 Å². The number of likely N-dealkylation sites (N-methyl/N-ethyl adjacent to an activating group) is 1. The summed E-state index contributed by atoms with van der Waals surface area (Å²) < 4.78 is 57.0. The predicted octanol–water partition coefficient (Wildman–Crippen LogP) is 6.84. The van der Waals surface area contributed by atoms with Crippen LogP contribution in [-0.2, 0) is 52.3 Å². The summed E-state index contributed by atoms with van der Waals surface area (Å²) >= 11 is 0. The first-order chi connectivity index (χ1) is 36.3. The first-order valence-electron chi connectivity index (χ1n) is 28.2. The van der Waals surface area contributed by atoms with Crippen molar-refractivity contribution < 1.29 is 77.2 Å². The maximum Gasteiger partial charge on any atom is 0.422 e. The van der Waals surface area contributed by atoms with Gasteiger partial charge in [0.15, 0.2) is 24.8 Å². The third kappa shape index (κ3) is 17.4. The fourth-order valence-electron chi connectivity index (χ4n) is 12.1. The number of nitrogens with one attached hydrogen (secondary N) is 2. The molecule has 0 aromatic heterocycles. The Bertz CT molecular complexity index is 2010. The number of hydrogen-bond acceptors (Lipinski definition) is 19. The van der Waals surface area contributed by atoms with Crippen LogP contribution in [0, 0.1) is 29.6 Å². The number of methoxy groups -OCH3 is 1. The summed E-state index contributed by atoms with van der Waals surface area (Å²) in [5.74, 6) is -3.51. The van der Waals surface area contributed by atoms with Crippen LogP contribution < -0.4 is 15.6 Å². The lowest BCUT2D eigenvalue weighted by Gasteiger charge is -2.49. The molecule has 5 rings (SSSR count). The lowest BCUT2D eigenvalue weighted by Crippen LogP contribution is -2.62. The molecule has 20 nitrogen and oxygen atoms in total. The van der Waals surface area contributed by atoms with Gasteiger partial charge in [-0.2, -0.15) is 0 Å². The molecular formula is C57H96N4O16. The third-order valence-corrected chi connectivity index (χ3v) is 16.5. The van der Waals surface area contributed by atoms with Crippen molar-refractivity contribution in [2.24, 2.45) is 34.7 Å². The zero-order valence-corrected chi connectivity index (χ0v) is 48.6. The van der Waals surface area contributed by atoms with Crippen molar-refractivity contribution in [3.05, 3.63) is 30.3 Å². The number of benzene rings is 1. The number of aliphatic hydroxyl groups is 3. The third-order valence-electron chi connectivity index (χ3n) is 16.5. The Balaban J connectivity index is 1.56. The highest BCUT2D eigenvalue weighted by Gasteiger charge is 2.55. The summed E-state index contributed by atoms with van der Waals surface area (Å²) in [5, 5.41) is 42.5. The molecule has 3 aliphatic heterocycles. The van der Waals surface area contributed by atoms with Crippen molar-refractivity contribution in [3.63, 3.8) is 0 Å². The number of hydrazine groups is 1. The minimum absolute atomic E-state index is 0.0443. The molecule has 18 atom stereocenters. The van der Waals surface area contributed by atoms with Crippen molar-refractivity contribution in [3.8, 4) is 5.75 Å². The molecule has 0 bridgehead atoms. The Morgan fingerprint density at radius 3 is 2.21 bits per heavy atom. The zero-order valence-electron chi connectivity index (χ0n) is 48.6. The molecule has 5 N–H and O–H groups in total. The summed E-state index contributed by atoms with van der Waals surface area (Å²) in [5.41, 5.74) is 0.909. The number of amides is 1. The van der Waals surface area contributed by atoms with Gasteiger partial charge in [0.1, 0.15) is 36.3 Å². The minimum Gasteiger partial charge on any atom is -0.492 e. The van der Waals surface area contributed by atoms with Gasteiger partial charge in [0.2, 0.25) is 0 Å². The van der Waals surface area contributed by atoms with Gasteiger partial charge in [0, 0.05) is 44.8 Å². The average molecular weight is 1090 g/mol. The van der Waals surface area contributed by atoms with Gasteiger partial charge >= 0.3 is 18.0 Å². The molecule has 77 heavy (non-hydrogen) atoms. The van der Waals surface area contributed by atoms with Crippen LogP contribution in [0.1, 0.15) is 147 Å². The summed E-state index contributed by atoms with van der Waals surface area (Å²) in [6, 6.07) is 8.86. The Kier molecular flexibility index (Phi) is 24.3. The zero-order chi connectivity index (χ0) is 56.8. The first-order valence-corrected chi connectivity index (χ1v) is 28.2. The molecule has 1 unspecified atom stereocenters. The molecule has 4 aliphatic rings. The predicted molar refractivity (Wildman–Crippen MR) is 287 cm³/mol. The molecule has 3 heterocycles. The van der Waals surface area contributed by atoms with Crippen LogP contribution >= 0.6 is 0 Å². The Morgan fingerprint density at radius 2 is 1.57 bits per heavy atom. The smallest absolute Gasteiger partial charge is 0.422 e. The van der Waals surface area contributed by atoms with Crippen molar-refractivity contribution in [1.29, 1.82) is 0 Å². The highest BCUT2D eigenvalue weighted by Crippen LogP contribution is 2.42. The number of esters is 2. The van der Waals surface area contributed by atoms with Crippen LogP contribution in [0.4, 0.5) is 4.79 Å². The van der Waals surface area contributed by atoms with Crippen LogP contribution in [0.5, 0.6) is 5.75 Å². The van der Waals surface area contributed by atoms with E-state index in [1.165, 1.54) is 53.1 Å². The van der Waals surface area contributed by atoms with E-state index < -0.39 is 126 Å². The molecule has 4 fully saturated rings. The molecule has 20 heteroatoms. The Labute approximate surface area is 458 Å². The number of hydrogen-bond donors (Lipinski definition) is 5. The molecule has 1 aromatic rings. The molecule has 1 saturated carbocycles. The van der Waals surface area contributed by atoms with Gasteiger partial charge in [-0.15, -0.1) is 0 Å². The van der Waals surface area contributed by atoms with Crippen LogP contribution in [-0.4, -0.2) is 169 Å². The number of ether oxygens (including phenoxy) is 9. The van der Waals surface area contributed by atoms with Crippen LogP contribution in [0.2, 0.25) is 0 Å². The summed E-state index contributed by atoms with van der Waals surface area (Å²) in [7, 11) is 5.24. The van der Waals surface area contributed by atoms with E-state index in [2.05, 4.69) is 10.9 Å². The van der Waals surface area contributed by atoms with Gasteiger partial charge in [-0.3, -0.25) is 15.0 Å². The molecule has 3 saturated heterocycles. The summed E-state index contributed by atoms with van der Waals surface area (Å²) in [6.45, 7) is 19.4. The number of carbonyl (C=O) groups is 3. The summed E-state index contributed by atoms with van der Waals surface area (Å²) in [6.07, 6.45) is -2.82. The van der Waals surface area contributed by atoms with Crippen molar-refractivity contribution in [2.45, 2.75) is 231 Å². The largest absolute Gasteiger partial charge is 0.492 e. The average Bonchev–Trinajstić information content (AvgIpc) is 3.38. The van der Waals surface area contributed by atoms with Crippen molar-refractivity contribution in [2.75, 3.05) is 41.0 Å². The molecule has 1 aliphatic carbocycles. The molecule has 0 spiro atoms. The number of oxime groups is 1. The van der Waals surface area contributed by atoms with Gasteiger partial charge in [-0.1, -0.05) is 83.2 Å². The van der Waals surface area contributed by atoms with E-state index in [1.807, 2.05) is 63.2 Å². The van der Waals surface area contributed by atoms with E-state index in [0.29, 0.717) is 30.4 Å². The number of aliphatic hydroxyl groups excluding tert-OH is 1. The maximum absolute atomic E-state index is 14.8. The molecule has 0 radical (unpaired) electrons. The van der Waals surface area contributed by atoms with Crippen LogP contribution in [0.3, 0.4) is 0 Å². The second-order valence-electron chi connectivity index (χ2n) is 23.2. The number of nitrogens with zero attached hydrogens (tertiary/aromatic N) is 2. The quantitative estimate of drug-likeness (QED) is 0.0412. The van der Waals surface area contributed by atoms with Gasteiger partial charge in [-0.25, -0.2) is 10.2 Å². The molecule has 1 amide bonds. The molecule has 440 valence electrons. The lowest BCUT2D eigenvalue weighted by molar-refractivity contribution is -0.318. The monoisotopic (exact) mass is 1090 g/mol. The normalized spacial score (nSPS) is 38.5. The fraction of sp³-hybridized carbons (Fsp3) is 0.825. The topological polar surface area (TPSA) is 244 Å². The van der Waals surface area contributed by atoms with Crippen LogP contribution in [0.25, 0.3) is 0 Å². The first kappa shape index (κ1) is 64.1. The second-order valence-corrected chi connectivity index (χ2v) is 23.2. The lowest BCUT2D eigenvalue weighted by atomic mass is 9.73. The maximum atomic E-state index is 14.8. The molecular weight excluding hydrogens is 997 g/mol. The number of para-hydroxylation sites is 1. The minimum atomic E-state index is -1.98. The Morgan fingerprint density at radius 1 is 0.883 bits per heavy atom. The highest BCUT2D eigenvalue weighted by molar-refractivity contribution is 5.88. The van der Waals surface area contributed by atoms with E-state index in [1.54, 1.807) is 48.5 Å². The van der Waals surface area contributed by atoms with E-state index in [-0.39, 0.29) is 32.4 Å².